The van der Waals surface area contributed by atoms with Crippen LogP contribution in [0, 0.1) is 0 Å². The molecule has 1 N–H and O–H groups in total. The summed E-state index contributed by atoms with van der Waals surface area (Å²) < 4.78 is 12.2. The Kier molecular flexibility index (Phi) is 6.77. The summed E-state index contributed by atoms with van der Waals surface area (Å²) in [5, 5.41) is 12.9. The summed E-state index contributed by atoms with van der Waals surface area (Å²) in [5.74, 6) is -0.836. The van der Waals surface area contributed by atoms with Crippen molar-refractivity contribution >= 4 is 5.97 Å². The van der Waals surface area contributed by atoms with Gasteiger partial charge in [-0.25, -0.2) is 0 Å². The molecule has 6 heteroatoms. The van der Waals surface area contributed by atoms with Crippen LogP contribution in [0.25, 0.3) is 11.1 Å². The van der Waals surface area contributed by atoms with Gasteiger partial charge >= 0.3 is 5.97 Å². The number of carboxylic acid groups (broad SMARTS) is 1. The lowest BCUT2D eigenvalue weighted by Gasteiger charge is -2.05. The van der Waals surface area contributed by atoms with E-state index in [4.69, 9.17) is 14.6 Å². The zero-order chi connectivity index (χ0) is 16.5. The van der Waals surface area contributed by atoms with E-state index < -0.39 is 5.97 Å². The van der Waals surface area contributed by atoms with Crippen LogP contribution < -0.4 is 0 Å². The van der Waals surface area contributed by atoms with Crippen LogP contribution in [0.4, 0.5) is 0 Å². The highest BCUT2D eigenvalue weighted by Crippen LogP contribution is 2.20. The highest BCUT2D eigenvalue weighted by Gasteiger charge is 2.04. The van der Waals surface area contributed by atoms with E-state index in [9.17, 15) is 4.79 Å². The fourth-order valence-corrected chi connectivity index (χ4v) is 2.18. The fourth-order valence-electron chi connectivity index (χ4n) is 2.18. The van der Waals surface area contributed by atoms with E-state index in [2.05, 4.69) is 11.2 Å². The molecule has 0 aliphatic rings. The molecule has 1 aromatic carbocycles. The minimum atomic E-state index is -0.836. The molecule has 1 heterocycles. The molecule has 124 valence electrons. The van der Waals surface area contributed by atoms with E-state index in [-0.39, 0.29) is 13.0 Å². The van der Waals surface area contributed by atoms with Crippen LogP contribution in [0.1, 0.15) is 12.0 Å². The summed E-state index contributed by atoms with van der Waals surface area (Å²) in [5.41, 5.74) is 3.33. The number of carboxylic acids is 1. The smallest absolute Gasteiger partial charge is 0.305 e. The maximum absolute atomic E-state index is 10.4. The van der Waals surface area contributed by atoms with Crippen molar-refractivity contribution in [2.45, 2.75) is 19.4 Å². The highest BCUT2D eigenvalue weighted by atomic mass is 16.5. The maximum Gasteiger partial charge on any atom is 0.305 e. The lowest BCUT2D eigenvalue weighted by atomic mass is 10.0. The molecular formula is C17H22N2O4. The van der Waals surface area contributed by atoms with E-state index >= 15 is 0 Å². The number of rotatable bonds is 10. The molecule has 0 aliphatic heterocycles. The molecule has 2 aromatic rings. The normalized spacial score (nSPS) is 10.8. The minimum Gasteiger partial charge on any atom is -0.481 e. The monoisotopic (exact) mass is 318 g/mol. The molecule has 0 saturated heterocycles. The number of carbonyl (C=O) groups is 1. The molecule has 0 saturated carbocycles. The van der Waals surface area contributed by atoms with Crippen molar-refractivity contribution in [3.8, 4) is 11.1 Å². The number of nitrogens with zero attached hydrogens (tertiary/aromatic N) is 2. The number of benzene rings is 1. The fraction of sp³-hybridized carbons (Fsp3) is 0.412. The summed E-state index contributed by atoms with van der Waals surface area (Å²) in [6, 6.07) is 8.21. The summed E-state index contributed by atoms with van der Waals surface area (Å²) in [6.45, 7) is 2.13. The summed E-state index contributed by atoms with van der Waals surface area (Å²) in [7, 11) is 1.67. The van der Waals surface area contributed by atoms with Crippen LogP contribution in [0.15, 0.2) is 36.7 Å². The number of hydrogen-bond acceptors (Lipinski definition) is 4. The summed E-state index contributed by atoms with van der Waals surface area (Å²) >= 11 is 0. The van der Waals surface area contributed by atoms with Crippen LogP contribution in [0.3, 0.4) is 0 Å². The molecule has 2 rings (SSSR count). The van der Waals surface area contributed by atoms with Gasteiger partial charge in [0.25, 0.3) is 0 Å². The lowest BCUT2D eigenvalue weighted by Crippen LogP contribution is -2.05. The third-order valence-electron chi connectivity index (χ3n) is 3.41. The van der Waals surface area contributed by atoms with Gasteiger partial charge in [-0.3, -0.25) is 9.48 Å². The second-order valence-corrected chi connectivity index (χ2v) is 5.19. The van der Waals surface area contributed by atoms with Gasteiger partial charge in [0.1, 0.15) is 0 Å². The predicted octanol–water partition coefficient (Wildman–Crippen LogP) is 2.23. The van der Waals surface area contributed by atoms with Gasteiger partial charge in [0.05, 0.1) is 39.0 Å². The number of methoxy groups -OCH3 is 1. The molecule has 0 atom stereocenters. The molecule has 0 aliphatic carbocycles. The van der Waals surface area contributed by atoms with Crippen molar-refractivity contribution in [1.82, 2.24) is 9.78 Å². The molecule has 0 fully saturated rings. The Labute approximate surface area is 135 Å². The quantitative estimate of drug-likeness (QED) is 0.680. The van der Waals surface area contributed by atoms with Crippen molar-refractivity contribution < 1.29 is 19.4 Å². The molecule has 1 aromatic heterocycles. The van der Waals surface area contributed by atoms with Crippen molar-refractivity contribution in [3.63, 3.8) is 0 Å². The molecule has 6 nitrogen and oxygen atoms in total. The maximum atomic E-state index is 10.4. The first-order valence-corrected chi connectivity index (χ1v) is 7.59. The Hall–Kier alpha value is -2.18. The standard InChI is InChI=1S/C17H22N2O4/c1-22-10-7-19-13-16(12-18-19)15-4-2-3-14(11-15)5-8-23-9-6-17(20)21/h2-4,11-13H,5-10H2,1H3,(H,20,21). The van der Waals surface area contributed by atoms with Crippen molar-refractivity contribution in [3.05, 3.63) is 42.2 Å². The first-order chi connectivity index (χ1) is 11.2. The highest BCUT2D eigenvalue weighted by molar-refractivity contribution is 5.66. The number of aromatic nitrogens is 2. The molecule has 0 spiro atoms. The van der Waals surface area contributed by atoms with Crippen molar-refractivity contribution in [2.24, 2.45) is 0 Å². The van der Waals surface area contributed by atoms with Gasteiger partial charge in [0.15, 0.2) is 0 Å². The average molecular weight is 318 g/mol. The van der Waals surface area contributed by atoms with E-state index in [1.165, 1.54) is 0 Å². The largest absolute Gasteiger partial charge is 0.481 e. The van der Waals surface area contributed by atoms with Gasteiger partial charge in [-0.1, -0.05) is 24.3 Å². The lowest BCUT2D eigenvalue weighted by molar-refractivity contribution is -0.138. The Morgan fingerprint density at radius 1 is 1.26 bits per heavy atom. The van der Waals surface area contributed by atoms with E-state index in [0.29, 0.717) is 13.2 Å². The molecule has 0 bridgehead atoms. The Balaban J connectivity index is 1.89. The van der Waals surface area contributed by atoms with Crippen LogP contribution in [0.5, 0.6) is 0 Å². The molecule has 23 heavy (non-hydrogen) atoms. The van der Waals surface area contributed by atoms with Crippen LogP contribution in [-0.2, 0) is 27.2 Å². The summed E-state index contributed by atoms with van der Waals surface area (Å²) in [4.78, 5) is 10.4. The zero-order valence-corrected chi connectivity index (χ0v) is 13.3. The zero-order valence-electron chi connectivity index (χ0n) is 13.3. The second kappa shape index (κ2) is 9.07. The number of aliphatic carboxylic acids is 1. The Morgan fingerprint density at radius 3 is 2.91 bits per heavy atom. The Bertz CT molecular complexity index is 625. The van der Waals surface area contributed by atoms with Crippen molar-refractivity contribution in [1.29, 1.82) is 0 Å². The third-order valence-corrected chi connectivity index (χ3v) is 3.41. The molecule has 0 unspecified atom stereocenters. The second-order valence-electron chi connectivity index (χ2n) is 5.19. The minimum absolute atomic E-state index is 0.0424. The van der Waals surface area contributed by atoms with Crippen LogP contribution in [-0.4, -0.2) is 47.8 Å². The number of ether oxygens (including phenoxy) is 2. The van der Waals surface area contributed by atoms with E-state index in [1.54, 1.807) is 7.11 Å². The van der Waals surface area contributed by atoms with Gasteiger partial charge in [-0.05, 0) is 17.5 Å². The molecular weight excluding hydrogens is 296 g/mol. The van der Waals surface area contributed by atoms with Gasteiger partial charge < -0.3 is 14.6 Å². The third kappa shape index (κ3) is 5.84. The topological polar surface area (TPSA) is 73.6 Å². The first-order valence-electron chi connectivity index (χ1n) is 7.59. The van der Waals surface area contributed by atoms with Gasteiger partial charge in [0.2, 0.25) is 0 Å². The predicted molar refractivity (Wildman–Crippen MR) is 86.3 cm³/mol. The van der Waals surface area contributed by atoms with E-state index in [0.717, 1.165) is 29.7 Å². The molecule has 0 radical (unpaired) electrons. The average Bonchev–Trinajstić information content (AvgIpc) is 3.01. The number of hydrogen-bond donors (Lipinski definition) is 1. The van der Waals surface area contributed by atoms with Crippen LogP contribution in [0.2, 0.25) is 0 Å². The van der Waals surface area contributed by atoms with Crippen molar-refractivity contribution in [2.75, 3.05) is 26.9 Å². The van der Waals surface area contributed by atoms with Crippen LogP contribution >= 0.6 is 0 Å². The van der Waals surface area contributed by atoms with Gasteiger partial charge in [-0.15, -0.1) is 0 Å². The van der Waals surface area contributed by atoms with E-state index in [1.807, 2.05) is 35.3 Å². The summed E-state index contributed by atoms with van der Waals surface area (Å²) in [6.07, 6.45) is 4.64. The first kappa shape index (κ1) is 17.2. The van der Waals surface area contributed by atoms with Gasteiger partial charge in [0, 0.05) is 18.9 Å². The molecule has 0 amide bonds. The Morgan fingerprint density at radius 2 is 2.13 bits per heavy atom. The SMILES string of the molecule is COCCn1cc(-c2cccc(CCOCCC(=O)O)c2)cn1. The van der Waals surface area contributed by atoms with Gasteiger partial charge in [-0.2, -0.15) is 5.10 Å².